The van der Waals surface area contributed by atoms with E-state index in [-0.39, 0.29) is 31.0 Å². The lowest BCUT2D eigenvalue weighted by Gasteiger charge is -2.23. The van der Waals surface area contributed by atoms with Crippen molar-refractivity contribution in [2.24, 2.45) is 5.84 Å². The first kappa shape index (κ1) is 13.8. The first-order chi connectivity index (χ1) is 8.95. The molecule has 2 rings (SSSR count). The van der Waals surface area contributed by atoms with Crippen LogP contribution < -0.4 is 16.2 Å². The summed E-state index contributed by atoms with van der Waals surface area (Å²) in [6, 6.07) is 0.989. The number of hydrogen-bond donors (Lipinski definition) is 3. The van der Waals surface area contributed by atoms with Gasteiger partial charge in [0.25, 0.3) is 0 Å². The monoisotopic (exact) mass is 277 g/mol. The van der Waals surface area contributed by atoms with Crippen LogP contribution in [0.4, 0.5) is 24.9 Å². The first-order valence-electron chi connectivity index (χ1n) is 5.76. The zero-order valence-corrected chi connectivity index (χ0v) is 9.98. The number of halogens is 3. The zero-order chi connectivity index (χ0) is 14.0. The molecule has 0 aliphatic heterocycles. The number of nitrogens with one attached hydrogen (secondary N) is 1. The van der Waals surface area contributed by atoms with Crippen molar-refractivity contribution >= 4 is 11.8 Å². The molecule has 0 aromatic carbocycles. The van der Waals surface area contributed by atoms with E-state index < -0.39 is 11.9 Å². The van der Waals surface area contributed by atoms with E-state index in [2.05, 4.69) is 9.97 Å². The van der Waals surface area contributed by atoms with Crippen molar-refractivity contribution in [2.75, 3.05) is 23.5 Å². The Kier molecular flexibility index (Phi) is 3.76. The summed E-state index contributed by atoms with van der Waals surface area (Å²) in [4.78, 5) is 8.83. The maximum Gasteiger partial charge on any atom is 0.433 e. The summed E-state index contributed by atoms with van der Waals surface area (Å²) in [6.07, 6.45) is -2.83. The minimum Gasteiger partial charge on any atom is -0.395 e. The van der Waals surface area contributed by atoms with E-state index in [1.165, 1.54) is 0 Å². The van der Waals surface area contributed by atoms with E-state index in [0.717, 1.165) is 18.9 Å². The van der Waals surface area contributed by atoms with Crippen LogP contribution in [0.1, 0.15) is 18.5 Å². The highest BCUT2D eigenvalue weighted by molar-refractivity contribution is 5.47. The maximum absolute atomic E-state index is 12.7. The van der Waals surface area contributed by atoms with Gasteiger partial charge < -0.3 is 10.0 Å². The molecule has 0 unspecified atom stereocenters. The fourth-order valence-electron chi connectivity index (χ4n) is 1.77. The number of nitrogens with two attached hydrogens (primary N) is 1. The van der Waals surface area contributed by atoms with Gasteiger partial charge in [0.15, 0.2) is 5.69 Å². The Balaban J connectivity index is 2.37. The van der Waals surface area contributed by atoms with E-state index in [1.807, 2.05) is 5.43 Å². The number of alkyl halides is 3. The third-order valence-corrected chi connectivity index (χ3v) is 2.75. The number of anilines is 2. The molecular weight excluding hydrogens is 263 g/mol. The molecule has 1 aromatic rings. The second-order valence-corrected chi connectivity index (χ2v) is 4.23. The summed E-state index contributed by atoms with van der Waals surface area (Å²) in [6.45, 7) is 0.0657. The fourth-order valence-corrected chi connectivity index (χ4v) is 1.77. The van der Waals surface area contributed by atoms with Gasteiger partial charge >= 0.3 is 6.18 Å². The Bertz CT molecular complexity index is 449. The molecule has 1 heterocycles. The van der Waals surface area contributed by atoms with Crippen molar-refractivity contribution < 1.29 is 18.3 Å². The summed E-state index contributed by atoms with van der Waals surface area (Å²) >= 11 is 0. The Labute approximate surface area is 107 Å². The van der Waals surface area contributed by atoms with Crippen molar-refractivity contribution in [3.05, 3.63) is 11.8 Å². The summed E-state index contributed by atoms with van der Waals surface area (Å²) < 4.78 is 38.2. The second kappa shape index (κ2) is 5.17. The Morgan fingerprint density at radius 2 is 2.11 bits per heavy atom. The Morgan fingerprint density at radius 3 is 2.58 bits per heavy atom. The average molecular weight is 277 g/mol. The number of nitrogen functional groups attached to an aromatic ring is 1. The molecule has 1 saturated carbocycles. The summed E-state index contributed by atoms with van der Waals surface area (Å²) in [7, 11) is 0. The van der Waals surface area contributed by atoms with Crippen LogP contribution in [0.3, 0.4) is 0 Å². The molecule has 1 aliphatic rings. The van der Waals surface area contributed by atoms with Gasteiger partial charge in [-0.05, 0) is 12.8 Å². The van der Waals surface area contributed by atoms with Crippen LogP contribution >= 0.6 is 0 Å². The van der Waals surface area contributed by atoms with Crippen LogP contribution in [0.5, 0.6) is 0 Å². The topological polar surface area (TPSA) is 87.3 Å². The second-order valence-electron chi connectivity index (χ2n) is 4.23. The minimum absolute atomic E-state index is 0.117. The predicted molar refractivity (Wildman–Crippen MR) is 62.3 cm³/mol. The van der Waals surface area contributed by atoms with Crippen LogP contribution in [0.25, 0.3) is 0 Å². The largest absolute Gasteiger partial charge is 0.433 e. The van der Waals surface area contributed by atoms with Gasteiger partial charge in [0, 0.05) is 18.7 Å². The molecular formula is C10H14F3N5O. The molecule has 1 fully saturated rings. The number of hydrazine groups is 1. The van der Waals surface area contributed by atoms with Crippen molar-refractivity contribution in [2.45, 2.75) is 25.1 Å². The summed E-state index contributed by atoms with van der Waals surface area (Å²) in [5.41, 5.74) is 0.964. The van der Waals surface area contributed by atoms with E-state index in [0.29, 0.717) is 0 Å². The smallest absolute Gasteiger partial charge is 0.395 e. The molecule has 0 radical (unpaired) electrons. The van der Waals surface area contributed by atoms with Gasteiger partial charge in [0.1, 0.15) is 5.82 Å². The highest BCUT2D eigenvalue weighted by Crippen LogP contribution is 2.34. The Hall–Kier alpha value is -1.61. The normalized spacial score (nSPS) is 15.4. The minimum atomic E-state index is -4.57. The van der Waals surface area contributed by atoms with Gasteiger partial charge in [-0.3, -0.25) is 5.43 Å². The molecule has 0 amide bonds. The molecule has 6 nitrogen and oxygen atoms in total. The van der Waals surface area contributed by atoms with Gasteiger partial charge in [0.2, 0.25) is 5.95 Å². The van der Waals surface area contributed by atoms with E-state index in [9.17, 15) is 13.2 Å². The molecule has 1 aliphatic carbocycles. The van der Waals surface area contributed by atoms with E-state index >= 15 is 0 Å². The first-order valence-corrected chi connectivity index (χ1v) is 5.76. The van der Waals surface area contributed by atoms with Crippen LogP contribution in [-0.2, 0) is 6.18 Å². The van der Waals surface area contributed by atoms with Crippen molar-refractivity contribution in [1.82, 2.24) is 9.97 Å². The highest BCUT2D eigenvalue weighted by Gasteiger charge is 2.36. The van der Waals surface area contributed by atoms with Crippen LogP contribution in [0.15, 0.2) is 6.07 Å². The number of rotatable bonds is 5. The Morgan fingerprint density at radius 1 is 1.42 bits per heavy atom. The SMILES string of the molecule is NNc1nc(N(CCO)C2CC2)cc(C(F)(F)F)n1. The molecule has 9 heteroatoms. The summed E-state index contributed by atoms with van der Waals surface area (Å²) in [5, 5.41) is 8.98. The van der Waals surface area contributed by atoms with Crippen LogP contribution in [-0.4, -0.2) is 34.3 Å². The standard InChI is InChI=1S/C10H14F3N5O/c11-10(12,13)7-5-8(16-9(15-7)17-14)18(3-4-19)6-1-2-6/h5-6,19H,1-4,14H2,(H,15,16,17). The van der Waals surface area contributed by atoms with Gasteiger partial charge in [-0.1, -0.05) is 0 Å². The number of aromatic nitrogens is 2. The molecule has 1 aromatic heterocycles. The number of hydrogen-bond acceptors (Lipinski definition) is 6. The van der Waals surface area contributed by atoms with Crippen molar-refractivity contribution in [1.29, 1.82) is 0 Å². The third kappa shape index (κ3) is 3.24. The lowest BCUT2D eigenvalue weighted by Crippen LogP contribution is -2.31. The molecule has 0 atom stereocenters. The summed E-state index contributed by atoms with van der Waals surface area (Å²) in [5.74, 6) is 4.91. The average Bonchev–Trinajstić information content (AvgIpc) is 3.18. The van der Waals surface area contributed by atoms with E-state index in [1.54, 1.807) is 4.90 Å². The highest BCUT2D eigenvalue weighted by atomic mass is 19.4. The molecule has 106 valence electrons. The van der Waals surface area contributed by atoms with Gasteiger partial charge in [-0.2, -0.15) is 18.2 Å². The lowest BCUT2D eigenvalue weighted by molar-refractivity contribution is -0.141. The van der Waals surface area contributed by atoms with Crippen LogP contribution in [0.2, 0.25) is 0 Å². The quantitative estimate of drug-likeness (QED) is 0.543. The van der Waals surface area contributed by atoms with Crippen molar-refractivity contribution in [3.8, 4) is 0 Å². The predicted octanol–water partition coefficient (Wildman–Crippen LogP) is 0.742. The fraction of sp³-hybridized carbons (Fsp3) is 0.600. The maximum atomic E-state index is 12.7. The van der Waals surface area contributed by atoms with Crippen LogP contribution in [0, 0.1) is 0 Å². The number of nitrogens with zero attached hydrogens (tertiary/aromatic N) is 3. The molecule has 0 bridgehead atoms. The van der Waals surface area contributed by atoms with Gasteiger partial charge in [0.05, 0.1) is 6.61 Å². The van der Waals surface area contributed by atoms with Gasteiger partial charge in [-0.15, -0.1) is 0 Å². The molecule has 0 saturated heterocycles. The molecule has 4 N–H and O–H groups in total. The van der Waals surface area contributed by atoms with Gasteiger partial charge in [-0.25, -0.2) is 10.8 Å². The number of aliphatic hydroxyl groups excluding tert-OH is 1. The zero-order valence-electron chi connectivity index (χ0n) is 9.98. The number of aliphatic hydroxyl groups is 1. The van der Waals surface area contributed by atoms with Crippen molar-refractivity contribution in [3.63, 3.8) is 0 Å². The molecule has 19 heavy (non-hydrogen) atoms. The molecule has 0 spiro atoms. The third-order valence-electron chi connectivity index (χ3n) is 2.75. The lowest BCUT2D eigenvalue weighted by atomic mass is 10.3. The van der Waals surface area contributed by atoms with E-state index in [4.69, 9.17) is 10.9 Å².